The second-order valence-corrected chi connectivity index (χ2v) is 38.6. The van der Waals surface area contributed by atoms with Crippen molar-refractivity contribution >= 4 is 91.0 Å². The van der Waals surface area contributed by atoms with Gasteiger partial charge in [-0.3, -0.25) is 43.6 Å². The van der Waals surface area contributed by atoms with E-state index in [1.54, 1.807) is 84.6 Å². The van der Waals surface area contributed by atoms with Crippen molar-refractivity contribution in [1.82, 2.24) is 24.9 Å². The number of fused-ring (bicyclic) bond motifs is 3. The summed E-state index contributed by atoms with van der Waals surface area (Å²) in [5.74, 6) is 1.15. The van der Waals surface area contributed by atoms with Crippen molar-refractivity contribution < 1.29 is 84.9 Å². The molecule has 4 N–H and O–H groups in total. The molecule has 12 aromatic rings. The van der Waals surface area contributed by atoms with Gasteiger partial charge in [0.25, 0.3) is 0 Å². The largest absolute Gasteiger partial charge is 0.486 e. The van der Waals surface area contributed by atoms with Crippen LogP contribution in [0.1, 0.15) is 190 Å². The lowest BCUT2D eigenvalue weighted by Crippen LogP contribution is -2.48. The quantitative estimate of drug-likeness (QED) is 0.0122. The first-order valence-corrected chi connectivity index (χ1v) is 50.5. The van der Waals surface area contributed by atoms with Crippen LogP contribution in [0.25, 0.3) is 33.4 Å². The molecule has 149 heavy (non-hydrogen) atoms. The summed E-state index contributed by atoms with van der Waals surface area (Å²) in [6.07, 6.45) is 18.1. The van der Waals surface area contributed by atoms with Gasteiger partial charge in [-0.15, -0.1) is 37.2 Å². The minimum Gasteiger partial charge on any atom is -0.486 e. The average Bonchev–Trinajstić information content (AvgIpc) is 1.60. The monoisotopic (exact) mass is 2090 g/mol. The fourth-order valence-electron chi connectivity index (χ4n) is 21.8. The Kier molecular flexibility index (Phi) is 49.5. The van der Waals surface area contributed by atoms with Crippen LogP contribution >= 0.6 is 37.2 Å². The predicted octanol–water partition coefficient (Wildman–Crippen LogP) is 24.8. The molecular formula is C120H135B3Cl3F5N5O13. The Hall–Kier alpha value is -12.1. The van der Waals surface area contributed by atoms with Gasteiger partial charge in [-0.2, -0.15) is 0 Å². The SMILES string of the molecule is CN(CC[C@@H](Oc1ccc(-c2ccccc2)cc1)c1ccc(F)cc1)CC(=O)O.CN(CC[C@@H](Oc1ccc(C23CC4CC(CC(C4)C2)C3)cc1)c1ccc(F)cc1)CC(=O)O.COC(=O)C1CCCCN1CCC1c2ccccc2-c2ccccc21.COC(=O)C1CCCCN1CCCC(c1ccc(F)cc1)c1ccc(F)cc1.Cl.Cl.Cl.O=C(O)CNCC[C@@H](Oc1ccc(-c2ccccc2)cc1)c1ccc(F)cc1.[B].[B][B]. The molecule has 7 aliphatic rings. The second-order valence-electron chi connectivity index (χ2n) is 38.6. The summed E-state index contributed by atoms with van der Waals surface area (Å²) in [5, 5.41) is 29.6. The number of aliphatic carboxylic acids is 3. The molecule has 2 aliphatic heterocycles. The molecule has 2 heterocycles. The summed E-state index contributed by atoms with van der Waals surface area (Å²) in [7, 11) is 14.5. The number of rotatable bonds is 38. The van der Waals surface area contributed by atoms with E-state index in [2.05, 4.69) is 116 Å². The molecule has 4 bridgehead atoms. The highest BCUT2D eigenvalue weighted by molar-refractivity contribution is 6.75. The number of ether oxygens (including phenoxy) is 5. The van der Waals surface area contributed by atoms with E-state index in [0.29, 0.717) is 61.7 Å². The number of nitrogens with zero attached hydrogens (tertiary/aromatic N) is 4. The summed E-state index contributed by atoms with van der Waals surface area (Å²) in [6, 6.07) is 93.6. The maximum absolute atomic E-state index is 13.5. The fraction of sp³-hybridized carbons (Fsp3) is 0.358. The van der Waals surface area contributed by atoms with Crippen molar-refractivity contribution in [1.29, 1.82) is 0 Å². The summed E-state index contributed by atoms with van der Waals surface area (Å²) in [4.78, 5) is 64.7. The Morgan fingerprint density at radius 1 is 0.403 bits per heavy atom. The third-order valence-corrected chi connectivity index (χ3v) is 28.5. The maximum Gasteiger partial charge on any atom is 0.323 e. The van der Waals surface area contributed by atoms with Crippen LogP contribution in [0.4, 0.5) is 22.0 Å². The lowest BCUT2D eigenvalue weighted by atomic mass is 9.48. The van der Waals surface area contributed by atoms with Crippen molar-refractivity contribution in [3.05, 3.63) is 377 Å². The lowest BCUT2D eigenvalue weighted by molar-refractivity contribution is -0.149. The van der Waals surface area contributed by atoms with Crippen molar-refractivity contribution in [2.75, 3.05) is 93.8 Å². The Morgan fingerprint density at radius 3 is 1.09 bits per heavy atom. The number of likely N-dealkylation sites (tertiary alicyclic amines) is 2. The highest BCUT2D eigenvalue weighted by Gasteiger charge is 2.52. The number of hydrogen-bond donors (Lipinski definition) is 4. The number of carboxylic acid groups (broad SMARTS) is 3. The second kappa shape index (κ2) is 61.3. The van der Waals surface area contributed by atoms with Crippen LogP contribution in [0, 0.1) is 46.8 Å². The summed E-state index contributed by atoms with van der Waals surface area (Å²) in [5.41, 5.74) is 16.5. The van der Waals surface area contributed by atoms with Gasteiger partial charge in [-0.05, 0) is 328 Å². The Balaban J connectivity index is 0.000000205. The molecule has 5 atom stereocenters. The van der Waals surface area contributed by atoms with Crippen LogP contribution in [0.2, 0.25) is 0 Å². The number of benzene rings is 12. The van der Waals surface area contributed by atoms with Crippen LogP contribution in [0.15, 0.2) is 303 Å². The molecule has 18 nitrogen and oxygen atoms in total. The molecule has 0 amide bonds. The van der Waals surface area contributed by atoms with Gasteiger partial charge in [-0.25, -0.2) is 22.0 Å². The maximum atomic E-state index is 13.5. The van der Waals surface area contributed by atoms with Crippen LogP contribution in [-0.4, -0.2) is 194 Å². The van der Waals surface area contributed by atoms with Crippen LogP contribution < -0.4 is 19.5 Å². The zero-order valence-electron chi connectivity index (χ0n) is 85.0. The lowest BCUT2D eigenvalue weighted by Gasteiger charge is -2.57. The Bertz CT molecular complexity index is 5910. The third-order valence-electron chi connectivity index (χ3n) is 28.5. The number of esters is 2. The molecule has 0 spiro atoms. The number of halogens is 8. The molecule has 2 saturated heterocycles. The van der Waals surface area contributed by atoms with Gasteiger partial charge in [0, 0.05) is 68.1 Å². The van der Waals surface area contributed by atoms with E-state index in [0.717, 1.165) is 151 Å². The summed E-state index contributed by atoms with van der Waals surface area (Å²) < 4.78 is 95.4. The molecular weight excluding hydrogens is 1950 g/mol. The van der Waals surface area contributed by atoms with E-state index in [4.69, 9.17) is 39.0 Å². The summed E-state index contributed by atoms with van der Waals surface area (Å²) >= 11 is 0. The van der Waals surface area contributed by atoms with E-state index in [1.165, 1.54) is 148 Å². The van der Waals surface area contributed by atoms with Gasteiger partial charge < -0.3 is 44.3 Å². The number of hydrogen-bond acceptors (Lipinski definition) is 15. The highest BCUT2D eigenvalue weighted by atomic mass is 35.5. The van der Waals surface area contributed by atoms with E-state index in [9.17, 15) is 45.9 Å². The van der Waals surface area contributed by atoms with Crippen LogP contribution in [-0.2, 0) is 38.9 Å². The number of piperidine rings is 2. The van der Waals surface area contributed by atoms with Crippen LogP contribution in [0.5, 0.6) is 17.2 Å². The zero-order valence-corrected chi connectivity index (χ0v) is 87.4. The number of likely N-dealkylation sites (N-methyl/N-ethyl adjacent to an activating group) is 2. The predicted molar refractivity (Wildman–Crippen MR) is 588 cm³/mol. The smallest absolute Gasteiger partial charge is 0.323 e. The van der Waals surface area contributed by atoms with Gasteiger partial charge in [0.15, 0.2) is 0 Å². The zero-order chi connectivity index (χ0) is 103. The van der Waals surface area contributed by atoms with Gasteiger partial charge in [0.05, 0.1) is 33.9 Å². The standard InChI is InChI=1S/C28H34FNO3.C24H24FNO3.C23H27F2NO2.C23H22FNO3.C22H25NO2.B2.B.3ClH/c1-30(18-27(31)32)11-10-26(22-2-6-24(29)7-3-22)33-25-8-4-23(5-9-25)28-15-19-12-20(16-28)14-21(13-19)17-28;1-26(17-24(27)28)16-15-23(20-7-11-21(25)12-8-20)29-22-13-9-19(10-14-22)18-5-3-2-4-6-18;1-28-23(27)22-6-2-3-15-26(22)16-4-5-21(17-7-11-19(24)12-8-17)18-9-13-20(25)14-10-18;24-20-10-6-19(7-11-20)22(14-15-25-16-23(26)27)28-21-12-8-18(9-13-21)17-4-2-1-3-5-17;1-25-22(24)21-12-6-7-14-23(21)15-13-20-18-10-4-2-8-16(18)17-9-3-5-11-19(17)20;1-2;;;;/h2-9,19-21,26H,10-18H2,1H3,(H,31,32);2-14,23H,15-17H2,1H3,(H,27,28);7-14,21-22H,2-6,15-16H2,1H3;1-13,22,25H,14-16H2,(H,26,27);2-5,8-11,20-21H,6-7,12-15H2,1H3;;;3*1H/t19?,20?,21?,26-,28?;23-;;22-;;;;;;/m11.1....../s1. The molecule has 4 saturated carbocycles. The van der Waals surface area contributed by atoms with E-state index in [-0.39, 0.29) is 143 Å². The average molecular weight is 2090 g/mol. The first-order valence-electron chi connectivity index (χ1n) is 50.5. The molecule has 783 valence electrons. The normalized spacial score (nSPS) is 17.6. The molecule has 29 heteroatoms. The van der Waals surface area contributed by atoms with Crippen molar-refractivity contribution in [2.45, 2.75) is 163 Å². The summed E-state index contributed by atoms with van der Waals surface area (Å²) in [6.45, 7) is 5.05. The number of methoxy groups -OCH3 is 2. The van der Waals surface area contributed by atoms with Crippen LogP contribution in [0.3, 0.4) is 0 Å². The van der Waals surface area contributed by atoms with Crippen molar-refractivity contribution in [3.63, 3.8) is 0 Å². The topological polar surface area (TPSA) is 217 Å². The van der Waals surface area contributed by atoms with Gasteiger partial charge >= 0.3 is 29.8 Å². The number of carboxylic acids is 3. The third kappa shape index (κ3) is 35.8. The first kappa shape index (κ1) is 120. The Labute approximate surface area is 897 Å². The first-order chi connectivity index (χ1) is 70.4. The Morgan fingerprint density at radius 2 is 0.732 bits per heavy atom. The van der Waals surface area contributed by atoms with Gasteiger partial charge in [0.1, 0.15) is 76.7 Å². The van der Waals surface area contributed by atoms with E-state index < -0.39 is 17.9 Å². The molecule has 2 unspecified atom stereocenters. The van der Waals surface area contributed by atoms with E-state index >= 15 is 0 Å². The van der Waals surface area contributed by atoms with Crippen molar-refractivity contribution in [2.24, 2.45) is 17.8 Å². The van der Waals surface area contributed by atoms with Gasteiger partial charge in [-0.1, -0.05) is 219 Å². The number of nitrogens with one attached hydrogen (secondary N) is 1. The molecule has 5 aliphatic carbocycles. The molecule has 19 rings (SSSR count). The van der Waals surface area contributed by atoms with Gasteiger partial charge in [0.2, 0.25) is 0 Å². The minimum atomic E-state index is -0.907. The minimum absolute atomic E-state index is 0. The highest BCUT2D eigenvalue weighted by Crippen LogP contribution is 2.61. The molecule has 0 aromatic heterocycles. The molecule has 6 fully saturated rings. The number of carbonyl (C=O) groups is 5. The van der Waals surface area contributed by atoms with Crippen molar-refractivity contribution in [3.8, 4) is 50.6 Å². The molecule has 12 aromatic carbocycles. The molecule has 7 radical (unpaired) electrons. The fourth-order valence-corrected chi connectivity index (χ4v) is 21.8. The number of carbonyl (C=O) groups excluding carboxylic acids is 2. The van der Waals surface area contributed by atoms with E-state index in [1.807, 2.05) is 97.1 Å².